The Morgan fingerprint density at radius 1 is 1.35 bits per heavy atom. The highest BCUT2D eigenvalue weighted by molar-refractivity contribution is 5.79. The van der Waals surface area contributed by atoms with Crippen molar-refractivity contribution in [2.75, 3.05) is 25.0 Å². The molecule has 2 N–H and O–H groups in total. The Balaban J connectivity index is 1.39. The number of nitriles is 2. The number of nitrogens with one attached hydrogen (secondary N) is 2. The van der Waals surface area contributed by atoms with Gasteiger partial charge in [-0.3, -0.25) is 4.79 Å². The summed E-state index contributed by atoms with van der Waals surface area (Å²) in [6.07, 6.45) is 8.39. The first-order chi connectivity index (χ1) is 12.7. The van der Waals surface area contributed by atoms with E-state index in [1.54, 1.807) is 23.2 Å². The predicted octanol–water partition coefficient (Wildman–Crippen LogP) is 1.41. The van der Waals surface area contributed by atoms with Crippen molar-refractivity contribution < 1.29 is 4.79 Å². The molecule has 134 valence electrons. The number of aromatic nitrogens is 1. The molecule has 1 amide bonds. The number of rotatable bonds is 6. The standard InChI is InChI=1S/C19H22N6O/c20-9-15-4-6-18(24-12-15)23-11-14-3-5-16(8-14)22-13-19(26)25-7-1-2-17(25)10-21/h3-6,12,14,16-17,22H,1-2,7-8,11,13H2,(H,23,24)/t14-,16+,17-/m0/s1. The lowest BCUT2D eigenvalue weighted by Gasteiger charge is -2.21. The average Bonchev–Trinajstić information content (AvgIpc) is 3.34. The van der Waals surface area contributed by atoms with Gasteiger partial charge >= 0.3 is 0 Å². The second kappa shape index (κ2) is 8.46. The van der Waals surface area contributed by atoms with E-state index in [0.717, 1.165) is 31.6 Å². The molecule has 0 radical (unpaired) electrons. The van der Waals surface area contributed by atoms with Gasteiger partial charge in [-0.25, -0.2) is 4.98 Å². The van der Waals surface area contributed by atoms with Crippen LogP contribution in [0.2, 0.25) is 0 Å². The number of likely N-dealkylation sites (tertiary alicyclic amines) is 1. The molecule has 0 unspecified atom stereocenters. The maximum atomic E-state index is 12.3. The van der Waals surface area contributed by atoms with Crippen LogP contribution in [0.15, 0.2) is 30.5 Å². The van der Waals surface area contributed by atoms with Crippen molar-refractivity contribution in [3.8, 4) is 12.1 Å². The van der Waals surface area contributed by atoms with Gasteiger partial charge in [-0.05, 0) is 37.3 Å². The Labute approximate surface area is 153 Å². The minimum atomic E-state index is -0.264. The van der Waals surface area contributed by atoms with Gasteiger partial charge in [0.2, 0.25) is 5.91 Å². The molecule has 1 saturated heterocycles. The summed E-state index contributed by atoms with van der Waals surface area (Å²) in [5, 5.41) is 24.4. The minimum absolute atomic E-state index is 0.00538. The summed E-state index contributed by atoms with van der Waals surface area (Å²) in [5.74, 6) is 1.12. The van der Waals surface area contributed by atoms with Crippen molar-refractivity contribution in [1.82, 2.24) is 15.2 Å². The van der Waals surface area contributed by atoms with Crippen LogP contribution in [-0.2, 0) is 4.79 Å². The molecule has 1 aromatic heterocycles. The molecule has 0 aromatic carbocycles. The fraction of sp³-hybridized carbons (Fsp3) is 0.474. The smallest absolute Gasteiger partial charge is 0.237 e. The molecule has 1 fully saturated rings. The lowest BCUT2D eigenvalue weighted by atomic mass is 10.1. The number of carbonyl (C=O) groups excluding carboxylic acids is 1. The van der Waals surface area contributed by atoms with E-state index in [1.165, 1.54) is 0 Å². The summed E-state index contributed by atoms with van der Waals surface area (Å²) in [6.45, 7) is 1.71. The average molecular weight is 350 g/mol. The Kier molecular flexibility index (Phi) is 5.83. The molecular formula is C19H22N6O. The predicted molar refractivity (Wildman–Crippen MR) is 96.8 cm³/mol. The van der Waals surface area contributed by atoms with Gasteiger partial charge in [0, 0.05) is 25.3 Å². The van der Waals surface area contributed by atoms with Gasteiger partial charge in [-0.15, -0.1) is 0 Å². The molecule has 0 saturated carbocycles. The van der Waals surface area contributed by atoms with Crippen molar-refractivity contribution in [3.05, 3.63) is 36.0 Å². The zero-order valence-electron chi connectivity index (χ0n) is 14.6. The SMILES string of the molecule is N#Cc1ccc(NC[C@H]2C=C[C@@H](NCC(=O)N3CCC[C@H]3C#N)C2)nc1. The maximum absolute atomic E-state index is 12.3. The normalized spacial score (nSPS) is 24.2. The van der Waals surface area contributed by atoms with Crippen LogP contribution >= 0.6 is 0 Å². The van der Waals surface area contributed by atoms with E-state index in [1.807, 2.05) is 6.07 Å². The third-order valence-electron chi connectivity index (χ3n) is 4.85. The van der Waals surface area contributed by atoms with Crippen LogP contribution in [0, 0.1) is 28.6 Å². The molecule has 2 aliphatic rings. The lowest BCUT2D eigenvalue weighted by Crippen LogP contribution is -2.42. The molecule has 3 rings (SSSR count). The van der Waals surface area contributed by atoms with Crippen molar-refractivity contribution in [2.45, 2.75) is 31.3 Å². The molecule has 0 bridgehead atoms. The topological polar surface area (TPSA) is 105 Å². The van der Waals surface area contributed by atoms with Crippen LogP contribution in [0.1, 0.15) is 24.8 Å². The maximum Gasteiger partial charge on any atom is 0.237 e. The van der Waals surface area contributed by atoms with Gasteiger partial charge in [0.05, 0.1) is 18.2 Å². The number of nitrogens with zero attached hydrogens (tertiary/aromatic N) is 4. The third-order valence-corrected chi connectivity index (χ3v) is 4.85. The minimum Gasteiger partial charge on any atom is -0.369 e. The van der Waals surface area contributed by atoms with E-state index in [0.29, 0.717) is 18.0 Å². The van der Waals surface area contributed by atoms with Crippen LogP contribution < -0.4 is 10.6 Å². The fourth-order valence-electron chi connectivity index (χ4n) is 3.40. The number of amides is 1. The summed E-state index contributed by atoms with van der Waals surface area (Å²) in [5.41, 5.74) is 0.543. The van der Waals surface area contributed by atoms with Gasteiger partial charge in [0.15, 0.2) is 0 Å². The molecule has 1 aliphatic carbocycles. The van der Waals surface area contributed by atoms with Crippen LogP contribution in [0.5, 0.6) is 0 Å². The summed E-state index contributed by atoms with van der Waals surface area (Å²) < 4.78 is 0. The highest BCUT2D eigenvalue weighted by Gasteiger charge is 2.28. The van der Waals surface area contributed by atoms with Crippen LogP contribution in [-0.4, -0.2) is 47.5 Å². The Morgan fingerprint density at radius 3 is 2.96 bits per heavy atom. The Hall–Kier alpha value is -2.90. The molecule has 1 aliphatic heterocycles. The molecule has 26 heavy (non-hydrogen) atoms. The first kappa shape index (κ1) is 17.9. The van der Waals surface area contributed by atoms with Gasteiger partial charge < -0.3 is 15.5 Å². The first-order valence-electron chi connectivity index (χ1n) is 8.90. The van der Waals surface area contributed by atoms with Crippen molar-refractivity contribution in [1.29, 1.82) is 10.5 Å². The zero-order valence-corrected chi connectivity index (χ0v) is 14.6. The van der Waals surface area contributed by atoms with Gasteiger partial charge in [-0.2, -0.15) is 10.5 Å². The van der Waals surface area contributed by atoms with Gasteiger partial charge in [0.25, 0.3) is 0 Å². The monoisotopic (exact) mass is 350 g/mol. The fourth-order valence-corrected chi connectivity index (χ4v) is 3.40. The molecule has 0 spiro atoms. The zero-order chi connectivity index (χ0) is 18.4. The van der Waals surface area contributed by atoms with Crippen LogP contribution in [0.3, 0.4) is 0 Å². The largest absolute Gasteiger partial charge is 0.369 e. The summed E-state index contributed by atoms with van der Waals surface area (Å²) >= 11 is 0. The molecule has 7 heteroatoms. The molecule has 1 aromatic rings. The van der Waals surface area contributed by atoms with E-state index in [4.69, 9.17) is 10.5 Å². The van der Waals surface area contributed by atoms with Crippen molar-refractivity contribution in [2.24, 2.45) is 5.92 Å². The van der Waals surface area contributed by atoms with Crippen molar-refractivity contribution >= 4 is 11.7 Å². The number of carbonyl (C=O) groups is 1. The first-order valence-corrected chi connectivity index (χ1v) is 8.90. The van der Waals surface area contributed by atoms with E-state index in [2.05, 4.69) is 33.8 Å². The van der Waals surface area contributed by atoms with E-state index in [9.17, 15) is 4.79 Å². The Bertz CT molecular complexity index is 745. The molecule has 3 atom stereocenters. The highest BCUT2D eigenvalue weighted by atomic mass is 16.2. The third kappa shape index (κ3) is 4.38. The van der Waals surface area contributed by atoms with Crippen molar-refractivity contribution in [3.63, 3.8) is 0 Å². The summed E-state index contributed by atoms with van der Waals surface area (Å²) in [4.78, 5) is 18.1. The summed E-state index contributed by atoms with van der Waals surface area (Å²) in [7, 11) is 0. The second-order valence-corrected chi connectivity index (χ2v) is 6.67. The van der Waals surface area contributed by atoms with E-state index >= 15 is 0 Å². The highest BCUT2D eigenvalue weighted by Crippen LogP contribution is 2.19. The van der Waals surface area contributed by atoms with Gasteiger partial charge in [0.1, 0.15) is 17.9 Å². The summed E-state index contributed by atoms with van der Waals surface area (Å²) in [6, 6.07) is 7.69. The second-order valence-electron chi connectivity index (χ2n) is 6.67. The number of pyridine rings is 1. The van der Waals surface area contributed by atoms with Crippen LogP contribution in [0.25, 0.3) is 0 Å². The molecule has 2 heterocycles. The lowest BCUT2D eigenvalue weighted by molar-refractivity contribution is -0.130. The number of anilines is 1. The van der Waals surface area contributed by atoms with E-state index in [-0.39, 0.29) is 24.5 Å². The molecular weight excluding hydrogens is 328 g/mol. The van der Waals surface area contributed by atoms with Gasteiger partial charge in [-0.1, -0.05) is 12.2 Å². The number of hydrogen-bond acceptors (Lipinski definition) is 6. The number of hydrogen-bond donors (Lipinski definition) is 2. The quantitative estimate of drug-likeness (QED) is 0.752. The van der Waals surface area contributed by atoms with Crippen LogP contribution in [0.4, 0.5) is 5.82 Å². The molecule has 7 nitrogen and oxygen atoms in total. The Morgan fingerprint density at radius 2 is 2.23 bits per heavy atom. The van der Waals surface area contributed by atoms with E-state index < -0.39 is 0 Å².